The lowest BCUT2D eigenvalue weighted by molar-refractivity contribution is 0.0946. The van der Waals surface area contributed by atoms with Gasteiger partial charge in [-0.05, 0) is 47.9 Å². The zero-order valence-electron chi connectivity index (χ0n) is 18.4. The van der Waals surface area contributed by atoms with Crippen LogP contribution in [0, 0.1) is 12.7 Å². The third-order valence-corrected chi connectivity index (χ3v) is 6.03. The zero-order valence-corrected chi connectivity index (χ0v) is 19.2. The van der Waals surface area contributed by atoms with Crippen molar-refractivity contribution in [3.05, 3.63) is 117 Å². The Morgan fingerprint density at radius 2 is 1.55 bits per heavy atom. The van der Waals surface area contributed by atoms with E-state index in [4.69, 9.17) is 0 Å². The summed E-state index contributed by atoms with van der Waals surface area (Å²) in [4.78, 5) is 23.3. The van der Waals surface area contributed by atoms with Crippen LogP contribution in [0.25, 0.3) is 0 Å². The van der Waals surface area contributed by atoms with Crippen molar-refractivity contribution in [2.24, 2.45) is 0 Å². The van der Waals surface area contributed by atoms with Gasteiger partial charge < -0.3 is 5.32 Å². The van der Waals surface area contributed by atoms with E-state index in [0.29, 0.717) is 25.3 Å². The number of aryl methyl sites for hydroxylation is 1. The molecule has 0 bridgehead atoms. The fraction of sp³-hybridized carbons (Fsp3) is 0.192. The van der Waals surface area contributed by atoms with E-state index >= 15 is 0 Å². The lowest BCUT2D eigenvalue weighted by Gasteiger charge is -2.21. The molecule has 0 saturated heterocycles. The minimum Gasteiger partial charge on any atom is -0.347 e. The number of pyridine rings is 1. The van der Waals surface area contributed by atoms with Crippen LogP contribution in [-0.4, -0.2) is 20.8 Å². The first-order chi connectivity index (χ1) is 16.0. The molecular formula is C26H25FN4OS. The maximum Gasteiger partial charge on any atom is 0.271 e. The predicted octanol–water partition coefficient (Wildman–Crippen LogP) is 5.12. The SMILES string of the molecule is Cc1ccc(CN(Cc2ccc(F)cc2)Cc2nc(C(=O)NCc3ccncc3)cs2)cc1. The highest BCUT2D eigenvalue weighted by molar-refractivity contribution is 7.09. The van der Waals surface area contributed by atoms with Gasteiger partial charge in [-0.25, -0.2) is 9.37 Å². The largest absolute Gasteiger partial charge is 0.347 e. The molecule has 2 heterocycles. The summed E-state index contributed by atoms with van der Waals surface area (Å²) in [6.45, 7) is 4.46. The second-order valence-corrected chi connectivity index (χ2v) is 8.86. The van der Waals surface area contributed by atoms with Crippen molar-refractivity contribution in [3.8, 4) is 0 Å². The molecule has 1 N–H and O–H groups in total. The van der Waals surface area contributed by atoms with E-state index in [2.05, 4.69) is 51.4 Å². The molecule has 0 aliphatic carbocycles. The van der Waals surface area contributed by atoms with Crippen molar-refractivity contribution in [2.45, 2.75) is 33.1 Å². The Hall–Kier alpha value is -3.42. The third-order valence-electron chi connectivity index (χ3n) is 5.19. The van der Waals surface area contributed by atoms with Gasteiger partial charge >= 0.3 is 0 Å². The minimum atomic E-state index is -0.244. The Kier molecular flexibility index (Phi) is 7.55. The summed E-state index contributed by atoms with van der Waals surface area (Å²) in [6.07, 6.45) is 3.40. The summed E-state index contributed by atoms with van der Waals surface area (Å²) in [6, 6.07) is 18.7. The number of rotatable bonds is 9. The minimum absolute atomic E-state index is 0.196. The maximum absolute atomic E-state index is 13.3. The number of nitrogens with zero attached hydrogens (tertiary/aromatic N) is 3. The summed E-state index contributed by atoms with van der Waals surface area (Å²) in [5.74, 6) is -0.441. The van der Waals surface area contributed by atoms with E-state index < -0.39 is 0 Å². The molecule has 0 aliphatic heterocycles. The molecule has 1 amide bonds. The van der Waals surface area contributed by atoms with Crippen LogP contribution in [0.2, 0.25) is 0 Å². The number of thiazole rings is 1. The molecule has 33 heavy (non-hydrogen) atoms. The first kappa shape index (κ1) is 22.8. The summed E-state index contributed by atoms with van der Waals surface area (Å²) in [5, 5.41) is 5.55. The van der Waals surface area contributed by atoms with Crippen molar-refractivity contribution in [1.29, 1.82) is 0 Å². The molecule has 4 aromatic rings. The number of carbonyl (C=O) groups is 1. The van der Waals surface area contributed by atoms with Crippen LogP contribution in [0.5, 0.6) is 0 Å². The van der Waals surface area contributed by atoms with Crippen molar-refractivity contribution in [1.82, 2.24) is 20.2 Å². The van der Waals surface area contributed by atoms with Crippen LogP contribution in [0.15, 0.2) is 78.4 Å². The standard InChI is InChI=1S/C26H25FN4OS/c1-19-2-4-21(5-3-19)15-31(16-22-6-8-23(27)9-7-22)17-25-30-24(18-33-25)26(32)29-14-20-10-12-28-13-11-20/h2-13,18H,14-17H2,1H3,(H,29,32). The topological polar surface area (TPSA) is 58.1 Å². The monoisotopic (exact) mass is 460 g/mol. The Labute approximate surface area is 197 Å². The molecule has 5 nitrogen and oxygen atoms in total. The second-order valence-electron chi connectivity index (χ2n) is 7.92. The molecule has 0 atom stereocenters. The number of hydrogen-bond acceptors (Lipinski definition) is 5. The number of halogens is 1. The van der Waals surface area contributed by atoms with Crippen molar-refractivity contribution in [2.75, 3.05) is 0 Å². The molecule has 0 spiro atoms. The average Bonchev–Trinajstić information content (AvgIpc) is 3.30. The highest BCUT2D eigenvalue weighted by Gasteiger charge is 2.15. The number of amides is 1. The van der Waals surface area contributed by atoms with E-state index in [1.165, 1.54) is 34.6 Å². The molecule has 0 saturated carbocycles. The molecule has 0 radical (unpaired) electrons. The molecule has 168 valence electrons. The Balaban J connectivity index is 1.43. The Morgan fingerprint density at radius 1 is 0.909 bits per heavy atom. The highest BCUT2D eigenvalue weighted by atomic mass is 32.1. The number of nitrogens with one attached hydrogen (secondary N) is 1. The molecule has 7 heteroatoms. The van der Waals surface area contributed by atoms with E-state index in [1.807, 2.05) is 12.1 Å². The smallest absolute Gasteiger partial charge is 0.271 e. The van der Waals surface area contributed by atoms with Gasteiger partial charge in [0.2, 0.25) is 0 Å². The van der Waals surface area contributed by atoms with Crippen molar-refractivity contribution >= 4 is 17.2 Å². The average molecular weight is 461 g/mol. The van der Waals surface area contributed by atoms with Gasteiger partial charge in [-0.3, -0.25) is 14.7 Å². The fourth-order valence-corrected chi connectivity index (χ4v) is 4.24. The van der Waals surface area contributed by atoms with Gasteiger partial charge in [-0.15, -0.1) is 11.3 Å². The van der Waals surface area contributed by atoms with E-state index in [-0.39, 0.29) is 11.7 Å². The first-order valence-electron chi connectivity index (χ1n) is 10.7. The van der Waals surface area contributed by atoms with Crippen LogP contribution in [0.1, 0.15) is 37.7 Å². The van der Waals surface area contributed by atoms with Crippen molar-refractivity contribution < 1.29 is 9.18 Å². The molecule has 0 fully saturated rings. The van der Waals surface area contributed by atoms with Gasteiger partial charge in [-0.2, -0.15) is 0 Å². The van der Waals surface area contributed by atoms with Crippen LogP contribution in [0.4, 0.5) is 4.39 Å². The third kappa shape index (κ3) is 6.78. The number of carbonyl (C=O) groups excluding carboxylic acids is 1. The molecule has 0 unspecified atom stereocenters. The number of aromatic nitrogens is 2. The number of benzene rings is 2. The van der Waals surface area contributed by atoms with Gasteiger partial charge in [0.05, 0.1) is 6.54 Å². The summed E-state index contributed by atoms with van der Waals surface area (Å²) < 4.78 is 13.3. The van der Waals surface area contributed by atoms with E-state index in [9.17, 15) is 9.18 Å². The van der Waals surface area contributed by atoms with Crippen LogP contribution < -0.4 is 5.32 Å². The van der Waals surface area contributed by atoms with Gasteiger partial charge in [0, 0.05) is 37.4 Å². The lowest BCUT2D eigenvalue weighted by atomic mass is 10.1. The lowest BCUT2D eigenvalue weighted by Crippen LogP contribution is -2.24. The molecule has 0 aliphatic rings. The van der Waals surface area contributed by atoms with E-state index in [1.54, 1.807) is 29.9 Å². The first-order valence-corrected chi connectivity index (χ1v) is 11.6. The van der Waals surface area contributed by atoms with E-state index in [0.717, 1.165) is 22.7 Å². The van der Waals surface area contributed by atoms with Gasteiger partial charge in [-0.1, -0.05) is 42.0 Å². The van der Waals surface area contributed by atoms with Crippen LogP contribution >= 0.6 is 11.3 Å². The maximum atomic E-state index is 13.3. The van der Waals surface area contributed by atoms with Crippen molar-refractivity contribution in [3.63, 3.8) is 0 Å². The quantitative estimate of drug-likeness (QED) is 0.377. The predicted molar refractivity (Wildman–Crippen MR) is 128 cm³/mol. The van der Waals surface area contributed by atoms with Crippen LogP contribution in [0.3, 0.4) is 0 Å². The van der Waals surface area contributed by atoms with Gasteiger partial charge in [0.15, 0.2) is 0 Å². The molecule has 4 rings (SSSR count). The normalized spacial score (nSPS) is 11.0. The summed E-state index contributed by atoms with van der Waals surface area (Å²) in [5.41, 5.74) is 4.83. The van der Waals surface area contributed by atoms with Crippen LogP contribution in [-0.2, 0) is 26.2 Å². The van der Waals surface area contributed by atoms with Gasteiger partial charge in [0.1, 0.15) is 16.5 Å². The summed E-state index contributed by atoms with van der Waals surface area (Å²) in [7, 11) is 0. The molecular weight excluding hydrogens is 435 g/mol. The highest BCUT2D eigenvalue weighted by Crippen LogP contribution is 2.18. The molecule has 2 aromatic carbocycles. The number of hydrogen-bond donors (Lipinski definition) is 1. The summed E-state index contributed by atoms with van der Waals surface area (Å²) >= 11 is 1.47. The Bertz CT molecular complexity index is 1130. The van der Waals surface area contributed by atoms with Gasteiger partial charge in [0.25, 0.3) is 5.91 Å². The fourth-order valence-electron chi connectivity index (χ4n) is 3.42. The second kappa shape index (κ2) is 10.9. The zero-order chi connectivity index (χ0) is 23.0. The Morgan fingerprint density at radius 3 is 2.21 bits per heavy atom. The molecule has 2 aromatic heterocycles.